The van der Waals surface area contributed by atoms with Crippen molar-refractivity contribution in [3.63, 3.8) is 0 Å². The summed E-state index contributed by atoms with van der Waals surface area (Å²) in [6.45, 7) is 2.09. The molecule has 3 nitrogen and oxygen atoms in total. The summed E-state index contributed by atoms with van der Waals surface area (Å²) >= 11 is 0. The van der Waals surface area contributed by atoms with Crippen LogP contribution in [-0.4, -0.2) is 24.2 Å². The van der Waals surface area contributed by atoms with Crippen molar-refractivity contribution in [1.29, 1.82) is 0 Å². The molecule has 0 radical (unpaired) electrons. The van der Waals surface area contributed by atoms with Gasteiger partial charge < -0.3 is 10.0 Å². The highest BCUT2D eigenvalue weighted by Crippen LogP contribution is 2.21. The summed E-state index contributed by atoms with van der Waals surface area (Å²) in [5.41, 5.74) is 1.38. The molecule has 0 aromatic heterocycles. The number of carboxylic acid groups (broad SMARTS) is 1. The first-order chi connectivity index (χ1) is 6.27. The first kappa shape index (κ1) is 8.10. The van der Waals surface area contributed by atoms with Crippen LogP contribution in [0.25, 0.3) is 0 Å². The van der Waals surface area contributed by atoms with Crippen molar-refractivity contribution in [3.8, 4) is 0 Å². The van der Waals surface area contributed by atoms with Crippen LogP contribution < -0.4 is 4.90 Å². The van der Waals surface area contributed by atoms with Gasteiger partial charge in [0.1, 0.15) is 0 Å². The molecule has 0 atom stereocenters. The Morgan fingerprint density at radius 1 is 1.38 bits per heavy atom. The molecule has 0 aliphatic carbocycles. The number of aromatic carboxylic acids is 1. The van der Waals surface area contributed by atoms with Crippen molar-refractivity contribution in [2.75, 3.05) is 18.0 Å². The average Bonchev–Trinajstić information content (AvgIpc) is 2.01. The molecule has 1 aromatic carbocycles. The summed E-state index contributed by atoms with van der Waals surface area (Å²) in [5.74, 6) is -0.859. The molecule has 1 fully saturated rings. The van der Waals surface area contributed by atoms with Crippen molar-refractivity contribution in [2.24, 2.45) is 0 Å². The van der Waals surface area contributed by atoms with Crippen LogP contribution >= 0.6 is 0 Å². The molecule has 3 heteroatoms. The summed E-state index contributed by atoms with van der Waals surface area (Å²) in [6, 6.07) is 7.08. The number of benzene rings is 1. The predicted octanol–water partition coefficient (Wildman–Crippen LogP) is 1.59. The Kier molecular flexibility index (Phi) is 1.93. The van der Waals surface area contributed by atoms with Gasteiger partial charge in [-0.3, -0.25) is 0 Å². The van der Waals surface area contributed by atoms with E-state index in [0.29, 0.717) is 5.56 Å². The summed E-state index contributed by atoms with van der Waals surface area (Å²) in [7, 11) is 0. The molecular formula is C10H11NO2. The van der Waals surface area contributed by atoms with E-state index in [1.807, 2.05) is 6.07 Å². The Balaban J connectivity index is 2.26. The lowest BCUT2D eigenvalue weighted by atomic mass is 10.1. The first-order valence-corrected chi connectivity index (χ1v) is 4.36. The topological polar surface area (TPSA) is 40.5 Å². The quantitative estimate of drug-likeness (QED) is 0.745. The fourth-order valence-electron chi connectivity index (χ4n) is 1.41. The average molecular weight is 177 g/mol. The summed E-state index contributed by atoms with van der Waals surface area (Å²) in [6.07, 6.45) is 1.21. The van der Waals surface area contributed by atoms with Gasteiger partial charge in [-0.1, -0.05) is 6.07 Å². The first-order valence-electron chi connectivity index (χ1n) is 4.36. The SMILES string of the molecule is O=C(O)c1cccc(N2CCC2)c1. The third-order valence-corrected chi connectivity index (χ3v) is 2.31. The Morgan fingerprint density at radius 2 is 2.15 bits per heavy atom. The highest BCUT2D eigenvalue weighted by Gasteiger charge is 2.15. The molecule has 0 unspecified atom stereocenters. The van der Waals surface area contributed by atoms with E-state index in [1.165, 1.54) is 6.42 Å². The van der Waals surface area contributed by atoms with Crippen LogP contribution in [0.2, 0.25) is 0 Å². The van der Waals surface area contributed by atoms with Crippen molar-refractivity contribution in [3.05, 3.63) is 29.8 Å². The van der Waals surface area contributed by atoms with E-state index in [1.54, 1.807) is 18.2 Å². The van der Waals surface area contributed by atoms with Crippen LogP contribution in [0.4, 0.5) is 5.69 Å². The molecule has 1 aliphatic heterocycles. The van der Waals surface area contributed by atoms with Crippen LogP contribution in [-0.2, 0) is 0 Å². The fourth-order valence-corrected chi connectivity index (χ4v) is 1.41. The van der Waals surface area contributed by atoms with E-state index in [-0.39, 0.29) is 0 Å². The van der Waals surface area contributed by atoms with E-state index in [4.69, 9.17) is 5.11 Å². The lowest BCUT2D eigenvalue weighted by molar-refractivity contribution is 0.0697. The van der Waals surface area contributed by atoms with Crippen LogP contribution in [0, 0.1) is 0 Å². The van der Waals surface area contributed by atoms with Crippen molar-refractivity contribution in [2.45, 2.75) is 6.42 Å². The molecule has 1 aliphatic rings. The number of hydrogen-bond acceptors (Lipinski definition) is 2. The monoisotopic (exact) mass is 177 g/mol. The predicted molar refractivity (Wildman–Crippen MR) is 50.2 cm³/mol. The molecule has 0 saturated carbocycles. The zero-order chi connectivity index (χ0) is 9.26. The zero-order valence-corrected chi connectivity index (χ0v) is 7.23. The van der Waals surface area contributed by atoms with E-state index in [0.717, 1.165) is 18.8 Å². The van der Waals surface area contributed by atoms with E-state index in [9.17, 15) is 4.79 Å². The molecule has 0 spiro atoms. The second-order valence-corrected chi connectivity index (χ2v) is 3.20. The van der Waals surface area contributed by atoms with Gasteiger partial charge in [0.05, 0.1) is 5.56 Å². The van der Waals surface area contributed by atoms with Gasteiger partial charge >= 0.3 is 5.97 Å². The van der Waals surface area contributed by atoms with Crippen molar-refractivity contribution < 1.29 is 9.90 Å². The van der Waals surface area contributed by atoms with Crippen LogP contribution in [0.5, 0.6) is 0 Å². The van der Waals surface area contributed by atoms with E-state index >= 15 is 0 Å². The second-order valence-electron chi connectivity index (χ2n) is 3.20. The zero-order valence-electron chi connectivity index (χ0n) is 7.23. The lowest BCUT2D eigenvalue weighted by Crippen LogP contribution is -2.36. The molecule has 1 saturated heterocycles. The molecule has 0 amide bonds. The van der Waals surface area contributed by atoms with E-state index in [2.05, 4.69) is 4.90 Å². The number of hydrogen-bond donors (Lipinski definition) is 1. The van der Waals surface area contributed by atoms with E-state index < -0.39 is 5.97 Å². The number of nitrogens with zero attached hydrogens (tertiary/aromatic N) is 1. The summed E-state index contributed by atoms with van der Waals surface area (Å²) < 4.78 is 0. The van der Waals surface area contributed by atoms with Crippen LogP contribution in [0.15, 0.2) is 24.3 Å². The number of anilines is 1. The summed E-state index contributed by atoms with van der Waals surface area (Å²) in [5, 5.41) is 8.76. The fraction of sp³-hybridized carbons (Fsp3) is 0.300. The Hall–Kier alpha value is -1.51. The molecule has 1 N–H and O–H groups in total. The minimum Gasteiger partial charge on any atom is -0.478 e. The number of carbonyl (C=O) groups is 1. The molecule has 1 heterocycles. The Morgan fingerprint density at radius 3 is 2.69 bits per heavy atom. The minimum atomic E-state index is -0.859. The highest BCUT2D eigenvalue weighted by molar-refractivity contribution is 5.88. The number of carboxylic acids is 1. The van der Waals surface area contributed by atoms with Gasteiger partial charge in [0.25, 0.3) is 0 Å². The standard InChI is InChI=1S/C10H11NO2/c12-10(13)8-3-1-4-9(7-8)11-5-2-6-11/h1,3-4,7H,2,5-6H2,(H,12,13). The van der Waals surface area contributed by atoms with Gasteiger partial charge in [-0.25, -0.2) is 4.79 Å². The Labute approximate surface area is 76.6 Å². The minimum absolute atomic E-state index is 0.365. The maximum Gasteiger partial charge on any atom is 0.335 e. The summed E-state index contributed by atoms with van der Waals surface area (Å²) in [4.78, 5) is 12.8. The highest BCUT2D eigenvalue weighted by atomic mass is 16.4. The van der Waals surface area contributed by atoms with Crippen molar-refractivity contribution >= 4 is 11.7 Å². The van der Waals surface area contributed by atoms with Gasteiger partial charge in [0.15, 0.2) is 0 Å². The molecule has 2 rings (SSSR count). The van der Waals surface area contributed by atoms with Crippen LogP contribution in [0.3, 0.4) is 0 Å². The van der Waals surface area contributed by atoms with Gasteiger partial charge in [0, 0.05) is 18.8 Å². The third-order valence-electron chi connectivity index (χ3n) is 2.31. The van der Waals surface area contributed by atoms with Crippen molar-refractivity contribution in [1.82, 2.24) is 0 Å². The number of rotatable bonds is 2. The Bertz CT molecular complexity index is 331. The van der Waals surface area contributed by atoms with Gasteiger partial charge in [-0.2, -0.15) is 0 Å². The lowest BCUT2D eigenvalue weighted by Gasteiger charge is -2.33. The molecule has 13 heavy (non-hydrogen) atoms. The normalized spacial score (nSPS) is 15.2. The smallest absolute Gasteiger partial charge is 0.335 e. The molecule has 1 aromatic rings. The second kappa shape index (κ2) is 3.09. The van der Waals surface area contributed by atoms with Gasteiger partial charge in [-0.15, -0.1) is 0 Å². The maximum absolute atomic E-state index is 10.7. The third kappa shape index (κ3) is 1.49. The molecule has 0 bridgehead atoms. The molecule has 68 valence electrons. The van der Waals surface area contributed by atoms with Crippen LogP contribution in [0.1, 0.15) is 16.8 Å². The largest absolute Gasteiger partial charge is 0.478 e. The maximum atomic E-state index is 10.7. The van der Waals surface area contributed by atoms with Gasteiger partial charge in [0.2, 0.25) is 0 Å². The van der Waals surface area contributed by atoms with Gasteiger partial charge in [-0.05, 0) is 24.6 Å². The molecular weight excluding hydrogens is 166 g/mol.